The van der Waals surface area contributed by atoms with Crippen LogP contribution in [0.2, 0.25) is 5.02 Å². The largest absolute Gasteiger partial charge is 0.523 e. The average molecular weight is 493 g/mol. The lowest BCUT2D eigenvalue weighted by atomic mass is 9.65. The summed E-state index contributed by atoms with van der Waals surface area (Å²) in [6, 6.07) is 6.35. The Bertz CT molecular complexity index is 1170. The van der Waals surface area contributed by atoms with Crippen molar-refractivity contribution < 1.29 is 40.0 Å². The van der Waals surface area contributed by atoms with Gasteiger partial charge < -0.3 is 9.47 Å². The number of carbonyl (C=O) groups is 1. The number of fused-ring (bicyclic) bond motifs is 2. The van der Waals surface area contributed by atoms with Gasteiger partial charge >= 0.3 is 15.6 Å². The second-order valence-electron chi connectivity index (χ2n) is 8.56. The molecule has 172 valence electrons. The first-order valence-corrected chi connectivity index (χ1v) is 11.5. The van der Waals surface area contributed by atoms with Crippen molar-refractivity contribution in [3.8, 4) is 6.07 Å². The molecule has 4 aliphatic heterocycles. The first-order valence-electron chi connectivity index (χ1n) is 9.69. The fraction of sp³-hybridized carbons (Fsp3) is 0.579. The number of benzene rings is 1. The van der Waals surface area contributed by atoms with Gasteiger partial charge in [0.1, 0.15) is 24.0 Å². The molecule has 5 rings (SSSR count). The summed E-state index contributed by atoms with van der Waals surface area (Å²) >= 11 is 6.12. The summed E-state index contributed by atoms with van der Waals surface area (Å²) in [5.74, 6) is -1.88. The summed E-state index contributed by atoms with van der Waals surface area (Å²) < 4.78 is 79.0. The van der Waals surface area contributed by atoms with Crippen molar-refractivity contribution >= 4 is 33.3 Å². The number of hydrogen-bond donors (Lipinski definition) is 0. The number of ether oxygens (including phenoxy) is 2. The molecule has 0 aliphatic carbocycles. The summed E-state index contributed by atoms with van der Waals surface area (Å²) in [4.78, 5) is 14.8. The first-order chi connectivity index (χ1) is 14.8. The van der Waals surface area contributed by atoms with Crippen LogP contribution in [0.25, 0.3) is 0 Å². The Morgan fingerprint density at radius 2 is 2.09 bits per heavy atom. The quantitative estimate of drug-likeness (QED) is 0.472. The van der Waals surface area contributed by atoms with Crippen LogP contribution in [0.3, 0.4) is 0 Å². The molecule has 0 saturated carbocycles. The monoisotopic (exact) mass is 492 g/mol. The van der Waals surface area contributed by atoms with E-state index in [0.717, 1.165) is 0 Å². The summed E-state index contributed by atoms with van der Waals surface area (Å²) in [6.07, 6.45) is -2.44. The van der Waals surface area contributed by atoms with Crippen LogP contribution in [0.4, 0.5) is 18.9 Å². The van der Waals surface area contributed by atoms with Crippen molar-refractivity contribution in [3.63, 3.8) is 0 Å². The average Bonchev–Trinajstić information content (AvgIpc) is 3.24. The lowest BCUT2D eigenvalue weighted by Gasteiger charge is -2.44. The Morgan fingerprint density at radius 1 is 1.38 bits per heavy atom. The van der Waals surface area contributed by atoms with Gasteiger partial charge in [-0.3, -0.25) is 13.9 Å². The van der Waals surface area contributed by atoms with Crippen molar-refractivity contribution in [2.45, 2.75) is 48.8 Å². The Morgan fingerprint density at radius 3 is 2.72 bits per heavy atom. The Hall–Kier alpha value is -1.91. The predicted molar refractivity (Wildman–Crippen MR) is 102 cm³/mol. The van der Waals surface area contributed by atoms with Gasteiger partial charge in [-0.1, -0.05) is 11.6 Å². The van der Waals surface area contributed by atoms with E-state index in [1.807, 2.05) is 6.07 Å². The number of nitriles is 1. The minimum absolute atomic E-state index is 0.0175. The van der Waals surface area contributed by atoms with Crippen LogP contribution in [-0.2, 0) is 28.6 Å². The summed E-state index contributed by atoms with van der Waals surface area (Å²) in [5.41, 5.74) is -7.66. The van der Waals surface area contributed by atoms with Crippen molar-refractivity contribution in [2.24, 2.45) is 11.8 Å². The van der Waals surface area contributed by atoms with E-state index >= 15 is 0 Å². The first kappa shape index (κ1) is 21.9. The van der Waals surface area contributed by atoms with Gasteiger partial charge in [-0.25, -0.2) is 0 Å². The standard InChI is InChI=1S/C19H16ClF3N2O6S/c1-17-7-12(30-32(27,28)19(21,22)23)18(31-17)4-5-29-16-14(18)13(17)15(26)25(16)10-3-2-9(8-24)11(20)6-10/h2-3,6,12-14,16H,4-5,7H2,1H3/t12-,13-,14+,16+,17-,18+/m1/s1. The SMILES string of the molecule is C[C@@]12C[C@@H](OS(=O)(=O)C(F)(F)F)[C@]3(CCO[C@H]4[C@@H]3[C@@H]1C(=O)N4c1ccc(C#N)c(Cl)c1)O2. The van der Waals surface area contributed by atoms with Crippen LogP contribution in [0.5, 0.6) is 0 Å². The molecular weight excluding hydrogens is 477 g/mol. The zero-order chi connectivity index (χ0) is 23.3. The molecule has 0 N–H and O–H groups in total. The molecule has 0 unspecified atom stereocenters. The number of rotatable bonds is 3. The highest BCUT2D eigenvalue weighted by atomic mass is 35.5. The van der Waals surface area contributed by atoms with E-state index < -0.39 is 51.0 Å². The highest BCUT2D eigenvalue weighted by Gasteiger charge is 2.79. The molecule has 8 nitrogen and oxygen atoms in total. The number of hydrogen-bond acceptors (Lipinski definition) is 7. The van der Waals surface area contributed by atoms with Crippen LogP contribution in [0.1, 0.15) is 25.3 Å². The number of carbonyl (C=O) groups excluding carboxylic acids is 1. The van der Waals surface area contributed by atoms with Gasteiger partial charge in [0, 0.05) is 18.5 Å². The third kappa shape index (κ3) is 2.72. The number of anilines is 1. The molecule has 6 atom stereocenters. The van der Waals surface area contributed by atoms with Gasteiger partial charge in [-0.05, 0) is 25.1 Å². The van der Waals surface area contributed by atoms with Gasteiger partial charge in [0.05, 0.1) is 34.6 Å². The summed E-state index contributed by atoms with van der Waals surface area (Å²) in [6.45, 7) is 1.59. The van der Waals surface area contributed by atoms with Gasteiger partial charge in [0.15, 0.2) is 0 Å². The molecular formula is C19H16ClF3N2O6S. The molecule has 4 fully saturated rings. The van der Waals surface area contributed by atoms with Gasteiger partial charge in [0.2, 0.25) is 5.91 Å². The highest BCUT2D eigenvalue weighted by Crippen LogP contribution is 2.66. The van der Waals surface area contributed by atoms with E-state index in [1.165, 1.54) is 23.1 Å². The molecule has 13 heteroatoms. The lowest BCUT2D eigenvalue weighted by molar-refractivity contribution is -0.161. The van der Waals surface area contributed by atoms with Crippen molar-refractivity contribution in [1.82, 2.24) is 0 Å². The molecule has 0 radical (unpaired) electrons. The fourth-order valence-electron chi connectivity index (χ4n) is 5.71. The molecule has 1 aromatic carbocycles. The second-order valence-corrected chi connectivity index (χ2v) is 10.5. The number of alkyl halides is 3. The van der Waals surface area contributed by atoms with Crippen LogP contribution in [0, 0.1) is 23.2 Å². The van der Waals surface area contributed by atoms with Crippen LogP contribution in [-0.4, -0.2) is 50.0 Å². The van der Waals surface area contributed by atoms with E-state index in [4.69, 9.17) is 26.3 Å². The minimum Gasteiger partial charge on any atom is -0.365 e. The number of nitrogens with zero attached hydrogens (tertiary/aromatic N) is 2. The molecule has 4 heterocycles. The Balaban J connectivity index is 1.55. The van der Waals surface area contributed by atoms with Gasteiger partial charge in [-0.2, -0.15) is 26.9 Å². The lowest BCUT2D eigenvalue weighted by Crippen LogP contribution is -2.58. The van der Waals surface area contributed by atoms with Crippen LogP contribution in [0.15, 0.2) is 18.2 Å². The Kier molecular flexibility index (Phi) is 4.50. The normalized spacial score (nSPS) is 38.1. The third-order valence-corrected chi connectivity index (χ3v) is 8.23. The smallest absolute Gasteiger partial charge is 0.365 e. The summed E-state index contributed by atoms with van der Waals surface area (Å²) in [7, 11) is -5.86. The topological polar surface area (TPSA) is 106 Å². The van der Waals surface area contributed by atoms with Crippen molar-refractivity contribution in [1.29, 1.82) is 5.26 Å². The van der Waals surface area contributed by atoms with Gasteiger partial charge in [-0.15, -0.1) is 0 Å². The van der Waals surface area contributed by atoms with Gasteiger partial charge in [0.25, 0.3) is 0 Å². The third-order valence-electron chi connectivity index (χ3n) is 6.86. The number of halogens is 4. The maximum atomic E-state index is 13.5. The highest BCUT2D eigenvalue weighted by molar-refractivity contribution is 7.87. The molecule has 1 spiro atoms. The second kappa shape index (κ2) is 6.57. The van der Waals surface area contributed by atoms with Crippen molar-refractivity contribution in [2.75, 3.05) is 11.5 Å². The van der Waals surface area contributed by atoms with Crippen molar-refractivity contribution in [3.05, 3.63) is 28.8 Å². The number of amides is 1. The molecule has 4 aliphatic rings. The van der Waals surface area contributed by atoms with Crippen LogP contribution >= 0.6 is 11.6 Å². The molecule has 4 saturated heterocycles. The fourth-order valence-corrected chi connectivity index (χ4v) is 6.57. The molecule has 32 heavy (non-hydrogen) atoms. The molecule has 1 amide bonds. The van der Waals surface area contributed by atoms with E-state index in [-0.39, 0.29) is 35.9 Å². The van der Waals surface area contributed by atoms with E-state index in [0.29, 0.717) is 5.69 Å². The minimum atomic E-state index is -5.86. The zero-order valence-electron chi connectivity index (χ0n) is 16.4. The maximum Gasteiger partial charge on any atom is 0.523 e. The predicted octanol–water partition coefficient (Wildman–Crippen LogP) is 2.70. The Labute approximate surface area is 185 Å². The zero-order valence-corrected chi connectivity index (χ0v) is 18.0. The molecule has 2 bridgehead atoms. The molecule has 1 aromatic rings. The maximum absolute atomic E-state index is 13.5. The van der Waals surface area contributed by atoms with E-state index in [1.54, 1.807) is 6.92 Å². The molecule has 0 aromatic heterocycles. The van der Waals surface area contributed by atoms with Crippen LogP contribution < -0.4 is 4.90 Å². The summed E-state index contributed by atoms with van der Waals surface area (Å²) in [5, 5.41) is 9.22. The van der Waals surface area contributed by atoms with E-state index in [9.17, 15) is 26.4 Å². The van der Waals surface area contributed by atoms with E-state index in [2.05, 4.69) is 4.18 Å².